The molecule has 0 aliphatic heterocycles. The lowest BCUT2D eigenvalue weighted by molar-refractivity contribution is 0.0996. The maximum Gasteiger partial charge on any atom is 0.292 e. The van der Waals surface area contributed by atoms with E-state index in [4.69, 9.17) is 4.42 Å². The number of nitrogens with one attached hydrogen (secondary N) is 1. The molecule has 1 amide bonds. The summed E-state index contributed by atoms with van der Waals surface area (Å²) in [7, 11) is 0. The quantitative estimate of drug-likeness (QED) is 0.784. The van der Waals surface area contributed by atoms with Crippen molar-refractivity contribution in [1.82, 2.24) is 9.78 Å². The second-order valence-electron chi connectivity index (χ2n) is 6.11. The van der Waals surface area contributed by atoms with Gasteiger partial charge in [-0.05, 0) is 25.8 Å². The molecule has 1 N–H and O–H groups in total. The fourth-order valence-electron chi connectivity index (χ4n) is 3.42. The van der Waals surface area contributed by atoms with Gasteiger partial charge in [0.1, 0.15) is 11.4 Å². The number of furan rings is 1. The van der Waals surface area contributed by atoms with E-state index in [1.807, 2.05) is 41.9 Å². The molecule has 0 spiro atoms. The Morgan fingerprint density at radius 1 is 1.26 bits per heavy atom. The number of carbonyl (C=O) groups excluding carboxylic acids is 1. The molecular weight excluding hydrogens is 290 g/mol. The molecular formula is C18H19N3O2. The van der Waals surface area contributed by atoms with Crippen molar-refractivity contribution in [2.24, 2.45) is 0 Å². The minimum atomic E-state index is -0.224. The smallest absolute Gasteiger partial charge is 0.292 e. The number of aryl methyl sites for hydroxylation is 1. The molecule has 0 radical (unpaired) electrons. The van der Waals surface area contributed by atoms with E-state index in [1.54, 1.807) is 6.20 Å². The Bertz CT molecular complexity index is 856. The number of aromatic nitrogens is 2. The van der Waals surface area contributed by atoms with Crippen molar-refractivity contribution in [2.75, 3.05) is 5.32 Å². The van der Waals surface area contributed by atoms with Crippen LogP contribution < -0.4 is 5.32 Å². The average molecular weight is 309 g/mol. The van der Waals surface area contributed by atoms with Gasteiger partial charge in [0.25, 0.3) is 5.91 Å². The molecule has 2 heterocycles. The zero-order valence-electron chi connectivity index (χ0n) is 13.1. The monoisotopic (exact) mass is 309 g/mol. The van der Waals surface area contributed by atoms with E-state index in [9.17, 15) is 4.79 Å². The summed E-state index contributed by atoms with van der Waals surface area (Å²) < 4.78 is 7.67. The van der Waals surface area contributed by atoms with Crippen molar-refractivity contribution in [1.29, 1.82) is 0 Å². The van der Waals surface area contributed by atoms with Crippen LogP contribution in [0, 0.1) is 6.92 Å². The zero-order valence-corrected chi connectivity index (χ0v) is 13.1. The molecule has 0 atom stereocenters. The van der Waals surface area contributed by atoms with Crippen LogP contribution in [0.4, 0.5) is 5.82 Å². The van der Waals surface area contributed by atoms with Crippen LogP contribution >= 0.6 is 0 Å². The van der Waals surface area contributed by atoms with Gasteiger partial charge in [0.05, 0.1) is 12.2 Å². The predicted molar refractivity (Wildman–Crippen MR) is 88.6 cm³/mol. The molecule has 4 rings (SSSR count). The van der Waals surface area contributed by atoms with Crippen LogP contribution in [0.25, 0.3) is 11.0 Å². The van der Waals surface area contributed by atoms with E-state index in [2.05, 4.69) is 10.4 Å². The van der Waals surface area contributed by atoms with E-state index in [1.165, 1.54) is 12.8 Å². The van der Waals surface area contributed by atoms with Crippen molar-refractivity contribution < 1.29 is 9.21 Å². The number of carbonyl (C=O) groups is 1. The number of benzene rings is 1. The Labute approximate surface area is 134 Å². The summed E-state index contributed by atoms with van der Waals surface area (Å²) in [5, 5.41) is 8.31. The molecule has 3 aromatic rings. The number of para-hydroxylation sites is 1. The highest BCUT2D eigenvalue weighted by Gasteiger charge is 2.22. The van der Waals surface area contributed by atoms with E-state index in [0.717, 1.165) is 35.2 Å². The highest BCUT2D eigenvalue weighted by Crippen LogP contribution is 2.31. The van der Waals surface area contributed by atoms with Crippen molar-refractivity contribution in [3.63, 3.8) is 0 Å². The summed E-state index contributed by atoms with van der Waals surface area (Å²) in [5.74, 6) is 0.880. The molecule has 23 heavy (non-hydrogen) atoms. The van der Waals surface area contributed by atoms with Gasteiger partial charge in [-0.3, -0.25) is 4.79 Å². The summed E-state index contributed by atoms with van der Waals surface area (Å²) in [5.41, 5.74) is 1.60. The van der Waals surface area contributed by atoms with Crippen LogP contribution in [0.15, 0.2) is 40.9 Å². The first-order valence-corrected chi connectivity index (χ1v) is 8.07. The number of hydrogen-bond acceptors (Lipinski definition) is 3. The van der Waals surface area contributed by atoms with Crippen LogP contribution in [0.3, 0.4) is 0 Å². The lowest BCUT2D eigenvalue weighted by Crippen LogP contribution is -2.17. The third-order valence-corrected chi connectivity index (χ3v) is 4.63. The fraction of sp³-hybridized carbons (Fsp3) is 0.333. The third kappa shape index (κ3) is 2.42. The molecule has 1 aliphatic carbocycles. The maximum atomic E-state index is 12.6. The van der Waals surface area contributed by atoms with Gasteiger partial charge < -0.3 is 9.73 Å². The molecule has 1 aliphatic rings. The molecule has 5 nitrogen and oxygen atoms in total. The van der Waals surface area contributed by atoms with E-state index in [-0.39, 0.29) is 5.91 Å². The van der Waals surface area contributed by atoms with Gasteiger partial charge in [-0.15, -0.1) is 0 Å². The molecule has 1 fully saturated rings. The Balaban J connectivity index is 1.62. The van der Waals surface area contributed by atoms with Crippen LogP contribution in [-0.4, -0.2) is 15.7 Å². The standard InChI is InChI=1S/C18H19N3O2/c1-12-14-8-4-5-9-15(14)23-17(12)18(22)20-16-10-11-19-21(16)13-6-2-3-7-13/h4-5,8-11,13H,2-3,6-7H2,1H3,(H,20,22). The third-order valence-electron chi connectivity index (χ3n) is 4.63. The molecule has 1 aromatic carbocycles. The Morgan fingerprint density at radius 3 is 2.83 bits per heavy atom. The minimum absolute atomic E-state index is 0.224. The van der Waals surface area contributed by atoms with Gasteiger partial charge in [-0.2, -0.15) is 5.10 Å². The number of anilines is 1. The van der Waals surface area contributed by atoms with E-state index in [0.29, 0.717) is 11.8 Å². The fourth-order valence-corrected chi connectivity index (χ4v) is 3.42. The number of rotatable bonds is 3. The normalized spacial score (nSPS) is 15.3. The molecule has 5 heteroatoms. The predicted octanol–water partition coefficient (Wildman–Crippen LogP) is 4.31. The Hall–Kier alpha value is -2.56. The molecule has 0 saturated heterocycles. The van der Waals surface area contributed by atoms with Gasteiger partial charge >= 0.3 is 0 Å². The Morgan fingerprint density at radius 2 is 2.04 bits per heavy atom. The van der Waals surface area contributed by atoms with Crippen LogP contribution in [0.2, 0.25) is 0 Å². The average Bonchev–Trinajstić information content (AvgIpc) is 3.27. The van der Waals surface area contributed by atoms with Gasteiger partial charge in [0, 0.05) is 17.0 Å². The SMILES string of the molecule is Cc1c(C(=O)Nc2ccnn2C2CCCC2)oc2ccccc12. The lowest BCUT2D eigenvalue weighted by Gasteiger charge is -2.14. The van der Waals surface area contributed by atoms with Gasteiger partial charge in [-0.1, -0.05) is 31.0 Å². The van der Waals surface area contributed by atoms with E-state index >= 15 is 0 Å². The number of fused-ring (bicyclic) bond motifs is 1. The first-order chi connectivity index (χ1) is 11.2. The number of amides is 1. The van der Waals surface area contributed by atoms with Gasteiger partial charge in [0.2, 0.25) is 0 Å². The first kappa shape index (κ1) is 14.1. The van der Waals surface area contributed by atoms with Crippen molar-refractivity contribution in [2.45, 2.75) is 38.6 Å². The summed E-state index contributed by atoms with van der Waals surface area (Å²) >= 11 is 0. The highest BCUT2D eigenvalue weighted by molar-refractivity contribution is 6.06. The highest BCUT2D eigenvalue weighted by atomic mass is 16.3. The minimum Gasteiger partial charge on any atom is -0.451 e. The van der Waals surface area contributed by atoms with Crippen LogP contribution in [-0.2, 0) is 0 Å². The van der Waals surface area contributed by atoms with E-state index < -0.39 is 0 Å². The van der Waals surface area contributed by atoms with Crippen LogP contribution in [0.5, 0.6) is 0 Å². The first-order valence-electron chi connectivity index (χ1n) is 8.07. The number of hydrogen-bond donors (Lipinski definition) is 1. The largest absolute Gasteiger partial charge is 0.451 e. The van der Waals surface area contributed by atoms with Crippen molar-refractivity contribution in [3.05, 3.63) is 47.9 Å². The van der Waals surface area contributed by atoms with Gasteiger partial charge in [0.15, 0.2) is 5.76 Å². The Kier molecular flexibility index (Phi) is 3.41. The van der Waals surface area contributed by atoms with Crippen molar-refractivity contribution >= 4 is 22.7 Å². The molecule has 118 valence electrons. The summed E-state index contributed by atoms with van der Waals surface area (Å²) in [6, 6.07) is 9.92. The van der Waals surface area contributed by atoms with Gasteiger partial charge in [-0.25, -0.2) is 4.68 Å². The van der Waals surface area contributed by atoms with Crippen LogP contribution in [0.1, 0.15) is 47.8 Å². The summed E-state index contributed by atoms with van der Waals surface area (Å²) in [6.45, 7) is 1.91. The summed E-state index contributed by atoms with van der Waals surface area (Å²) in [4.78, 5) is 12.6. The topological polar surface area (TPSA) is 60.1 Å². The molecule has 2 aromatic heterocycles. The lowest BCUT2D eigenvalue weighted by atomic mass is 10.1. The second-order valence-corrected chi connectivity index (χ2v) is 6.11. The molecule has 0 unspecified atom stereocenters. The maximum absolute atomic E-state index is 12.6. The second kappa shape index (κ2) is 5.57. The number of nitrogens with zero attached hydrogens (tertiary/aromatic N) is 2. The molecule has 1 saturated carbocycles. The zero-order chi connectivity index (χ0) is 15.8. The molecule has 0 bridgehead atoms. The summed E-state index contributed by atoms with van der Waals surface area (Å²) in [6.07, 6.45) is 6.42. The van der Waals surface area contributed by atoms with Crippen molar-refractivity contribution in [3.8, 4) is 0 Å².